The molecule has 0 amide bonds. The Hall–Kier alpha value is -1.28. The van der Waals surface area contributed by atoms with Crippen LogP contribution < -0.4 is 5.73 Å². The highest BCUT2D eigenvalue weighted by Crippen LogP contribution is 2.29. The maximum atomic E-state index is 11.5. The fraction of sp³-hybridized carbons (Fsp3) is 0.727. The summed E-state index contributed by atoms with van der Waals surface area (Å²) in [6, 6.07) is -0.978. The van der Waals surface area contributed by atoms with Crippen LogP contribution in [0.25, 0.3) is 0 Å². The fourth-order valence-corrected chi connectivity index (χ4v) is 1.72. The predicted molar refractivity (Wildman–Crippen MR) is 69.4 cm³/mol. The Morgan fingerprint density at radius 1 is 1.26 bits per heavy atom. The smallest absolute Gasteiger partial charge is 0.370 e. The number of carbonyl (C=O) groups is 3. The van der Waals surface area contributed by atoms with Crippen molar-refractivity contribution in [2.24, 2.45) is 5.73 Å². The second-order valence-electron chi connectivity index (χ2n) is 4.09. The number of hydrogen-bond acceptors (Lipinski definition) is 8. The molecule has 0 heterocycles. The van der Waals surface area contributed by atoms with E-state index in [9.17, 15) is 14.4 Å². The zero-order valence-corrected chi connectivity index (χ0v) is 12.2. The molecule has 0 aromatic rings. The van der Waals surface area contributed by atoms with Crippen LogP contribution in [0, 0.1) is 0 Å². The molecule has 0 aliphatic heterocycles. The average Bonchev–Trinajstić information content (AvgIpc) is 2.35. The standard InChI is InChI=1S/C11H19NO6S/c1-5-7(13)17-6-18-10(15)19-11(2,3)8(12)9(14)16-4/h8H,5-6,12H2,1-4H3/t8-/m0/s1. The lowest BCUT2D eigenvalue weighted by Crippen LogP contribution is -2.48. The van der Waals surface area contributed by atoms with E-state index in [4.69, 9.17) is 5.73 Å². The lowest BCUT2D eigenvalue weighted by atomic mass is 10.1. The highest BCUT2D eigenvalue weighted by atomic mass is 32.2. The second-order valence-corrected chi connectivity index (χ2v) is 5.68. The van der Waals surface area contributed by atoms with E-state index in [1.165, 1.54) is 7.11 Å². The van der Waals surface area contributed by atoms with Gasteiger partial charge in [-0.15, -0.1) is 0 Å². The number of nitrogens with two attached hydrogens (primary N) is 1. The number of hydrogen-bond donors (Lipinski definition) is 1. The maximum absolute atomic E-state index is 11.5. The largest absolute Gasteiger partial charge is 0.468 e. The molecule has 0 fully saturated rings. The first-order valence-corrected chi connectivity index (χ1v) is 6.41. The molecule has 0 saturated heterocycles. The summed E-state index contributed by atoms with van der Waals surface area (Å²) in [5.74, 6) is -1.09. The minimum Gasteiger partial charge on any atom is -0.468 e. The third-order valence-corrected chi connectivity index (χ3v) is 3.30. The van der Waals surface area contributed by atoms with Gasteiger partial charge in [-0.3, -0.25) is 9.59 Å². The number of rotatable bonds is 6. The third-order valence-electron chi connectivity index (χ3n) is 2.24. The topological polar surface area (TPSA) is 105 Å². The predicted octanol–water partition coefficient (Wildman–Crippen LogP) is 1.05. The summed E-state index contributed by atoms with van der Waals surface area (Å²) in [5, 5.41) is -0.687. The molecule has 0 unspecified atom stereocenters. The summed E-state index contributed by atoms with van der Waals surface area (Å²) < 4.78 is 12.9. The summed E-state index contributed by atoms with van der Waals surface area (Å²) >= 11 is 0.735. The zero-order valence-electron chi connectivity index (χ0n) is 11.4. The molecule has 0 saturated carbocycles. The molecule has 0 aliphatic carbocycles. The Morgan fingerprint density at radius 2 is 1.84 bits per heavy atom. The molecule has 8 heteroatoms. The highest BCUT2D eigenvalue weighted by molar-refractivity contribution is 8.14. The second kappa shape index (κ2) is 8.00. The minimum absolute atomic E-state index is 0.198. The maximum Gasteiger partial charge on any atom is 0.370 e. The van der Waals surface area contributed by atoms with Gasteiger partial charge in [0.15, 0.2) is 0 Å². The van der Waals surface area contributed by atoms with Gasteiger partial charge in [0.1, 0.15) is 6.04 Å². The van der Waals surface area contributed by atoms with Gasteiger partial charge < -0.3 is 19.9 Å². The monoisotopic (exact) mass is 293 g/mol. The zero-order chi connectivity index (χ0) is 15.1. The molecule has 19 heavy (non-hydrogen) atoms. The van der Waals surface area contributed by atoms with Gasteiger partial charge >= 0.3 is 17.2 Å². The Kier molecular flexibility index (Phi) is 7.47. The minimum atomic E-state index is -0.978. The number of carbonyl (C=O) groups excluding carboxylic acids is 3. The van der Waals surface area contributed by atoms with Crippen molar-refractivity contribution in [1.82, 2.24) is 0 Å². The van der Waals surface area contributed by atoms with E-state index in [0.717, 1.165) is 11.8 Å². The van der Waals surface area contributed by atoms with Crippen molar-refractivity contribution in [2.75, 3.05) is 13.9 Å². The Bertz CT molecular complexity index is 344. The lowest BCUT2D eigenvalue weighted by molar-refractivity contribution is -0.150. The van der Waals surface area contributed by atoms with E-state index >= 15 is 0 Å². The molecule has 0 aromatic heterocycles. The molecule has 110 valence electrons. The van der Waals surface area contributed by atoms with E-state index in [1.54, 1.807) is 20.8 Å². The quantitative estimate of drug-likeness (QED) is 0.572. The number of thioether (sulfide) groups is 1. The van der Waals surface area contributed by atoms with E-state index in [1.807, 2.05) is 0 Å². The van der Waals surface area contributed by atoms with Crippen molar-refractivity contribution in [3.05, 3.63) is 0 Å². The molecule has 0 aliphatic rings. The van der Waals surface area contributed by atoms with Gasteiger partial charge in [-0.1, -0.05) is 6.92 Å². The Morgan fingerprint density at radius 3 is 2.32 bits per heavy atom. The first-order valence-electron chi connectivity index (χ1n) is 5.59. The van der Waals surface area contributed by atoms with E-state index in [-0.39, 0.29) is 6.42 Å². The van der Waals surface area contributed by atoms with Crippen molar-refractivity contribution in [3.8, 4) is 0 Å². The van der Waals surface area contributed by atoms with Crippen molar-refractivity contribution in [2.45, 2.75) is 38.0 Å². The van der Waals surface area contributed by atoms with Crippen LogP contribution in [-0.2, 0) is 23.8 Å². The van der Waals surface area contributed by atoms with Gasteiger partial charge in [-0.05, 0) is 25.6 Å². The van der Waals surface area contributed by atoms with Gasteiger partial charge in [0.2, 0.25) is 6.79 Å². The third kappa shape index (κ3) is 6.44. The number of esters is 2. The van der Waals surface area contributed by atoms with Gasteiger partial charge in [0.05, 0.1) is 7.11 Å². The van der Waals surface area contributed by atoms with Crippen LogP contribution in [0.3, 0.4) is 0 Å². The number of ether oxygens (including phenoxy) is 3. The SMILES string of the molecule is CCC(=O)OCOC(=O)SC(C)(C)[C@@H](N)C(=O)OC. The van der Waals surface area contributed by atoms with Crippen LogP contribution in [-0.4, -0.2) is 41.9 Å². The normalized spacial score (nSPS) is 12.5. The van der Waals surface area contributed by atoms with Crippen molar-refractivity contribution < 1.29 is 28.6 Å². The van der Waals surface area contributed by atoms with Crippen LogP contribution in [0.15, 0.2) is 0 Å². The molecule has 0 bridgehead atoms. The highest BCUT2D eigenvalue weighted by Gasteiger charge is 2.36. The summed E-state index contributed by atoms with van der Waals surface area (Å²) in [7, 11) is 1.21. The fourth-order valence-electron chi connectivity index (χ4n) is 0.964. The van der Waals surface area contributed by atoms with Crippen LogP contribution in [0.5, 0.6) is 0 Å². The molecular formula is C11H19NO6S. The van der Waals surface area contributed by atoms with Gasteiger partial charge in [-0.25, -0.2) is 4.79 Å². The molecule has 0 radical (unpaired) electrons. The van der Waals surface area contributed by atoms with E-state index < -0.39 is 34.8 Å². The van der Waals surface area contributed by atoms with Crippen molar-refractivity contribution in [1.29, 1.82) is 0 Å². The summed E-state index contributed by atoms with van der Waals surface area (Å²) in [6.45, 7) is 4.39. The van der Waals surface area contributed by atoms with Crippen LogP contribution >= 0.6 is 11.8 Å². The van der Waals surface area contributed by atoms with Gasteiger partial charge in [0, 0.05) is 11.2 Å². The molecule has 0 aromatic carbocycles. The van der Waals surface area contributed by atoms with E-state index in [2.05, 4.69) is 14.2 Å². The number of methoxy groups -OCH3 is 1. The molecule has 0 rings (SSSR count). The molecule has 1 atom stereocenters. The van der Waals surface area contributed by atoms with Gasteiger partial charge in [0.25, 0.3) is 0 Å². The first kappa shape index (κ1) is 17.7. The summed E-state index contributed by atoms with van der Waals surface area (Å²) in [5.41, 5.74) is 5.66. The molecule has 7 nitrogen and oxygen atoms in total. The lowest BCUT2D eigenvalue weighted by Gasteiger charge is -2.27. The molecule has 0 spiro atoms. The van der Waals surface area contributed by atoms with Crippen LogP contribution in [0.1, 0.15) is 27.2 Å². The Labute approximate surface area is 116 Å². The van der Waals surface area contributed by atoms with Crippen molar-refractivity contribution in [3.63, 3.8) is 0 Å². The average molecular weight is 293 g/mol. The summed E-state index contributed by atoms with van der Waals surface area (Å²) in [6.07, 6.45) is 0.198. The molecule has 2 N–H and O–H groups in total. The first-order chi connectivity index (χ1) is 8.74. The van der Waals surface area contributed by atoms with Crippen LogP contribution in [0.2, 0.25) is 0 Å². The summed E-state index contributed by atoms with van der Waals surface area (Å²) in [4.78, 5) is 33.6. The Balaban J connectivity index is 4.23. The molecular weight excluding hydrogens is 274 g/mol. The van der Waals surface area contributed by atoms with Crippen LogP contribution in [0.4, 0.5) is 4.79 Å². The van der Waals surface area contributed by atoms with E-state index in [0.29, 0.717) is 0 Å². The van der Waals surface area contributed by atoms with Crippen molar-refractivity contribution >= 4 is 29.0 Å². The van der Waals surface area contributed by atoms with Gasteiger partial charge in [-0.2, -0.15) is 0 Å².